The molecule has 2 aromatic rings. The Hall–Kier alpha value is -2.31. The average molecular weight is 294 g/mol. The van der Waals surface area contributed by atoms with Crippen LogP contribution in [-0.4, -0.2) is 26.7 Å². The highest BCUT2D eigenvalue weighted by Gasteiger charge is 2.22. The molecule has 0 radical (unpaired) electrons. The van der Waals surface area contributed by atoms with Gasteiger partial charge in [0.05, 0.1) is 12.6 Å². The number of halogens is 2. The first kappa shape index (κ1) is 15.1. The molecule has 1 heterocycles. The van der Waals surface area contributed by atoms with Gasteiger partial charge in [0.2, 0.25) is 0 Å². The highest BCUT2D eigenvalue weighted by atomic mass is 19.1. The smallest absolute Gasteiger partial charge is 0.257 e. The molecular weight excluding hydrogens is 278 g/mol. The molecule has 112 valence electrons. The Labute approximate surface area is 121 Å². The molecule has 0 spiro atoms. The van der Waals surface area contributed by atoms with E-state index in [9.17, 15) is 13.6 Å². The Kier molecular flexibility index (Phi) is 4.62. The topological polar surface area (TPSA) is 59.8 Å². The molecule has 7 heteroatoms. The van der Waals surface area contributed by atoms with Gasteiger partial charge < -0.3 is 5.32 Å². The predicted octanol–water partition coefficient (Wildman–Crippen LogP) is 2.01. The molecule has 5 nitrogen and oxygen atoms in total. The molecular formula is C14H16F2N4O. The third-order valence-corrected chi connectivity index (χ3v) is 3.16. The third kappa shape index (κ3) is 3.62. The van der Waals surface area contributed by atoms with Crippen molar-refractivity contribution in [2.24, 2.45) is 5.92 Å². The van der Waals surface area contributed by atoms with Gasteiger partial charge in [-0.25, -0.2) is 13.8 Å². The monoisotopic (exact) mass is 294 g/mol. The molecule has 2 rings (SSSR count). The first-order chi connectivity index (χ1) is 9.99. The zero-order valence-corrected chi connectivity index (χ0v) is 11.8. The van der Waals surface area contributed by atoms with Gasteiger partial charge in [0, 0.05) is 0 Å². The molecule has 0 saturated carbocycles. The van der Waals surface area contributed by atoms with Crippen LogP contribution in [0.15, 0.2) is 30.9 Å². The number of carbonyl (C=O) groups excluding carboxylic acids is 1. The molecule has 0 aliphatic rings. The zero-order chi connectivity index (χ0) is 15.4. The van der Waals surface area contributed by atoms with Gasteiger partial charge >= 0.3 is 0 Å². The number of rotatable bonds is 5. The summed E-state index contributed by atoms with van der Waals surface area (Å²) in [6.45, 7) is 4.18. The lowest BCUT2D eigenvalue weighted by atomic mass is 10.0. The Bertz CT molecular complexity index is 593. The second-order valence-electron chi connectivity index (χ2n) is 5.04. The van der Waals surface area contributed by atoms with Crippen LogP contribution < -0.4 is 5.32 Å². The Morgan fingerprint density at radius 3 is 2.52 bits per heavy atom. The van der Waals surface area contributed by atoms with Crippen molar-refractivity contribution in [1.29, 1.82) is 0 Å². The van der Waals surface area contributed by atoms with Gasteiger partial charge in [-0.1, -0.05) is 19.9 Å². The molecule has 0 aliphatic carbocycles. The van der Waals surface area contributed by atoms with Gasteiger partial charge in [-0.15, -0.1) is 0 Å². The second kappa shape index (κ2) is 6.43. The van der Waals surface area contributed by atoms with E-state index in [1.807, 2.05) is 13.8 Å². The number of aromatic nitrogens is 3. The molecule has 0 unspecified atom stereocenters. The Morgan fingerprint density at radius 1 is 1.33 bits per heavy atom. The van der Waals surface area contributed by atoms with Crippen LogP contribution in [0.5, 0.6) is 0 Å². The van der Waals surface area contributed by atoms with Crippen molar-refractivity contribution >= 4 is 5.91 Å². The molecule has 1 aromatic carbocycles. The molecule has 1 amide bonds. The number of hydrogen-bond acceptors (Lipinski definition) is 3. The molecule has 21 heavy (non-hydrogen) atoms. The normalized spacial score (nSPS) is 12.4. The van der Waals surface area contributed by atoms with E-state index in [0.29, 0.717) is 6.54 Å². The zero-order valence-electron chi connectivity index (χ0n) is 11.8. The maximum atomic E-state index is 13.6. The van der Waals surface area contributed by atoms with Gasteiger partial charge in [-0.05, 0) is 18.1 Å². The van der Waals surface area contributed by atoms with E-state index in [4.69, 9.17) is 0 Å². The fourth-order valence-electron chi connectivity index (χ4n) is 1.91. The first-order valence-electron chi connectivity index (χ1n) is 6.56. The van der Waals surface area contributed by atoms with Crippen molar-refractivity contribution in [1.82, 2.24) is 20.1 Å². The predicted molar refractivity (Wildman–Crippen MR) is 72.5 cm³/mol. The van der Waals surface area contributed by atoms with E-state index in [2.05, 4.69) is 15.4 Å². The minimum atomic E-state index is -0.879. The van der Waals surface area contributed by atoms with E-state index in [-0.39, 0.29) is 12.0 Å². The average Bonchev–Trinajstić information content (AvgIpc) is 2.90. The van der Waals surface area contributed by atoms with Gasteiger partial charge in [0.15, 0.2) is 0 Å². The number of nitrogens with one attached hydrogen (secondary N) is 1. The largest absolute Gasteiger partial charge is 0.347 e. The maximum Gasteiger partial charge on any atom is 0.257 e. The lowest BCUT2D eigenvalue weighted by Gasteiger charge is -2.22. The highest BCUT2D eigenvalue weighted by Crippen LogP contribution is 2.13. The van der Waals surface area contributed by atoms with Gasteiger partial charge in [-0.3, -0.25) is 9.48 Å². The van der Waals surface area contributed by atoms with Crippen LogP contribution in [0.25, 0.3) is 0 Å². The Morgan fingerprint density at radius 2 is 2.00 bits per heavy atom. The molecule has 1 aromatic heterocycles. The Balaban J connectivity index is 2.15. The lowest BCUT2D eigenvalue weighted by Crippen LogP contribution is -2.42. The molecule has 0 saturated heterocycles. The summed E-state index contributed by atoms with van der Waals surface area (Å²) in [7, 11) is 0. The van der Waals surface area contributed by atoms with E-state index in [0.717, 1.165) is 12.1 Å². The highest BCUT2D eigenvalue weighted by molar-refractivity contribution is 5.94. The summed E-state index contributed by atoms with van der Waals surface area (Å²) < 4.78 is 28.8. The molecule has 0 bridgehead atoms. The van der Waals surface area contributed by atoms with Crippen molar-refractivity contribution in [3.05, 3.63) is 48.1 Å². The van der Waals surface area contributed by atoms with E-state index < -0.39 is 23.1 Å². The number of benzene rings is 1. The van der Waals surface area contributed by atoms with Crippen LogP contribution in [-0.2, 0) is 6.54 Å². The van der Waals surface area contributed by atoms with Crippen LogP contribution in [0.1, 0.15) is 24.2 Å². The minimum Gasteiger partial charge on any atom is -0.347 e. The standard InChI is InChI=1S/C14H16F2N4O/c1-9(2)12(6-20-8-17-7-18-20)19-14(21)13-10(15)4-3-5-11(13)16/h3-5,7-9,12H,6H2,1-2H3,(H,19,21)/t12-/m1/s1. The van der Waals surface area contributed by atoms with Crippen molar-refractivity contribution in [3.8, 4) is 0 Å². The van der Waals surface area contributed by atoms with Gasteiger partial charge in [-0.2, -0.15) is 5.10 Å². The van der Waals surface area contributed by atoms with Crippen LogP contribution in [0.2, 0.25) is 0 Å². The van der Waals surface area contributed by atoms with Crippen molar-refractivity contribution < 1.29 is 13.6 Å². The van der Waals surface area contributed by atoms with E-state index in [1.54, 1.807) is 4.68 Å². The van der Waals surface area contributed by atoms with Crippen LogP contribution in [0.4, 0.5) is 8.78 Å². The SMILES string of the molecule is CC(C)[C@@H](Cn1cncn1)NC(=O)c1c(F)cccc1F. The number of carbonyl (C=O) groups is 1. The van der Waals surface area contributed by atoms with E-state index >= 15 is 0 Å². The minimum absolute atomic E-state index is 0.0629. The van der Waals surface area contributed by atoms with Gasteiger partial charge in [0.1, 0.15) is 29.9 Å². The summed E-state index contributed by atoms with van der Waals surface area (Å²) in [6.07, 6.45) is 2.90. The maximum absolute atomic E-state index is 13.6. The van der Waals surface area contributed by atoms with Crippen LogP contribution in [0, 0.1) is 17.6 Å². The first-order valence-corrected chi connectivity index (χ1v) is 6.56. The fraction of sp³-hybridized carbons (Fsp3) is 0.357. The number of amides is 1. The molecule has 1 atom stereocenters. The second-order valence-corrected chi connectivity index (χ2v) is 5.04. The van der Waals surface area contributed by atoms with Crippen LogP contribution in [0.3, 0.4) is 0 Å². The molecule has 0 aliphatic heterocycles. The number of hydrogen-bond donors (Lipinski definition) is 1. The third-order valence-electron chi connectivity index (χ3n) is 3.16. The summed E-state index contributed by atoms with van der Waals surface area (Å²) >= 11 is 0. The van der Waals surface area contributed by atoms with Crippen molar-refractivity contribution in [2.75, 3.05) is 0 Å². The fourth-order valence-corrected chi connectivity index (χ4v) is 1.91. The summed E-state index contributed by atoms with van der Waals surface area (Å²) in [4.78, 5) is 15.9. The quantitative estimate of drug-likeness (QED) is 0.917. The van der Waals surface area contributed by atoms with Crippen molar-refractivity contribution in [2.45, 2.75) is 26.4 Å². The van der Waals surface area contributed by atoms with E-state index in [1.165, 1.54) is 18.7 Å². The summed E-state index contributed by atoms with van der Waals surface area (Å²) in [5.41, 5.74) is -0.568. The lowest BCUT2D eigenvalue weighted by molar-refractivity contribution is 0.0910. The summed E-state index contributed by atoms with van der Waals surface area (Å²) in [5, 5.41) is 6.60. The van der Waals surface area contributed by atoms with Crippen LogP contribution >= 0.6 is 0 Å². The number of nitrogens with zero attached hydrogens (tertiary/aromatic N) is 3. The summed E-state index contributed by atoms with van der Waals surface area (Å²) in [5.74, 6) is -2.47. The van der Waals surface area contributed by atoms with Gasteiger partial charge in [0.25, 0.3) is 5.91 Å². The summed E-state index contributed by atoms with van der Waals surface area (Å²) in [6, 6.07) is 3.01. The van der Waals surface area contributed by atoms with Crippen molar-refractivity contribution in [3.63, 3.8) is 0 Å². The molecule has 1 N–H and O–H groups in total. The molecule has 0 fully saturated rings.